The van der Waals surface area contributed by atoms with Crippen molar-refractivity contribution in [3.05, 3.63) is 36.4 Å². The lowest BCUT2D eigenvalue weighted by molar-refractivity contribution is 0.436. The molecule has 4 heteroatoms. The number of benzene rings is 1. The molecule has 1 aromatic heterocycles. The van der Waals surface area contributed by atoms with Crippen LogP contribution in [0.1, 0.15) is 32.6 Å². The van der Waals surface area contributed by atoms with Gasteiger partial charge in [0.15, 0.2) is 5.82 Å². The van der Waals surface area contributed by atoms with Gasteiger partial charge in [-0.2, -0.15) is 0 Å². The number of anilines is 2. The Morgan fingerprint density at radius 3 is 2.43 bits per heavy atom. The van der Waals surface area contributed by atoms with Crippen LogP contribution in [-0.2, 0) is 0 Å². The summed E-state index contributed by atoms with van der Waals surface area (Å²) in [6.07, 6.45) is 4.99. The third-order valence-electron chi connectivity index (χ3n) is 4.78. The molecular weight excluding hydrogens is 284 g/mol. The molecule has 23 heavy (non-hydrogen) atoms. The molecule has 2 aromatic rings. The molecule has 2 heterocycles. The Kier molecular flexibility index (Phi) is 3.90. The summed E-state index contributed by atoms with van der Waals surface area (Å²) in [5.74, 6) is 3.68. The summed E-state index contributed by atoms with van der Waals surface area (Å²) in [5, 5.41) is 3.54. The second-order valence-corrected chi connectivity index (χ2v) is 6.89. The quantitative estimate of drug-likeness (QED) is 0.928. The second-order valence-electron chi connectivity index (χ2n) is 6.89. The fourth-order valence-corrected chi connectivity index (χ4v) is 3.06. The molecule has 0 spiro atoms. The Hall–Kier alpha value is -2.10. The topological polar surface area (TPSA) is 41.0 Å². The minimum Gasteiger partial charge on any atom is -0.367 e. The van der Waals surface area contributed by atoms with Gasteiger partial charge in [-0.3, -0.25) is 0 Å². The molecule has 1 aromatic carbocycles. The fourth-order valence-electron chi connectivity index (χ4n) is 3.06. The molecule has 1 N–H and O–H groups in total. The van der Waals surface area contributed by atoms with Crippen molar-refractivity contribution in [2.75, 3.05) is 23.3 Å². The summed E-state index contributed by atoms with van der Waals surface area (Å²) < 4.78 is 0. The maximum atomic E-state index is 4.85. The summed E-state index contributed by atoms with van der Waals surface area (Å²) >= 11 is 0. The first-order valence-electron chi connectivity index (χ1n) is 8.74. The van der Waals surface area contributed by atoms with Crippen molar-refractivity contribution in [2.45, 2.75) is 38.6 Å². The zero-order valence-corrected chi connectivity index (χ0v) is 13.7. The SMILES string of the molecule is CC1CCN(c2cc(NC3CC3)nc(-c3ccccc3)n2)CC1. The van der Waals surface area contributed by atoms with Crippen molar-refractivity contribution < 1.29 is 0 Å². The summed E-state index contributed by atoms with van der Waals surface area (Å²) in [7, 11) is 0. The van der Waals surface area contributed by atoms with Crippen molar-refractivity contribution in [3.8, 4) is 11.4 Å². The highest BCUT2D eigenvalue weighted by Crippen LogP contribution is 2.29. The van der Waals surface area contributed by atoms with Gasteiger partial charge in [-0.15, -0.1) is 0 Å². The number of hydrogen-bond acceptors (Lipinski definition) is 4. The lowest BCUT2D eigenvalue weighted by Crippen LogP contribution is -2.33. The molecule has 0 bridgehead atoms. The lowest BCUT2D eigenvalue weighted by atomic mass is 9.99. The Bertz CT molecular complexity index is 658. The highest BCUT2D eigenvalue weighted by molar-refractivity contribution is 5.62. The summed E-state index contributed by atoms with van der Waals surface area (Å²) in [4.78, 5) is 12.0. The van der Waals surface area contributed by atoms with E-state index in [1.54, 1.807) is 0 Å². The van der Waals surface area contributed by atoms with E-state index in [1.807, 2.05) is 18.2 Å². The number of piperidine rings is 1. The zero-order valence-electron chi connectivity index (χ0n) is 13.7. The summed E-state index contributed by atoms with van der Waals surface area (Å²) in [6, 6.07) is 13.0. The highest BCUT2D eigenvalue weighted by atomic mass is 15.2. The van der Waals surface area contributed by atoms with E-state index in [0.717, 1.165) is 42.0 Å². The van der Waals surface area contributed by atoms with Crippen LogP contribution in [0, 0.1) is 5.92 Å². The molecule has 1 saturated heterocycles. The van der Waals surface area contributed by atoms with E-state index < -0.39 is 0 Å². The average Bonchev–Trinajstić information content (AvgIpc) is 3.40. The number of nitrogens with zero attached hydrogens (tertiary/aromatic N) is 3. The van der Waals surface area contributed by atoms with Gasteiger partial charge in [-0.1, -0.05) is 37.3 Å². The lowest BCUT2D eigenvalue weighted by Gasteiger charge is -2.31. The first kappa shape index (κ1) is 14.5. The van der Waals surface area contributed by atoms with Crippen LogP contribution in [0.2, 0.25) is 0 Å². The number of nitrogens with one attached hydrogen (secondary N) is 1. The van der Waals surface area contributed by atoms with Crippen molar-refractivity contribution in [3.63, 3.8) is 0 Å². The van der Waals surface area contributed by atoms with Crippen LogP contribution in [0.5, 0.6) is 0 Å². The van der Waals surface area contributed by atoms with Crippen LogP contribution in [-0.4, -0.2) is 29.1 Å². The first-order valence-corrected chi connectivity index (χ1v) is 8.74. The van der Waals surface area contributed by atoms with Crippen molar-refractivity contribution >= 4 is 11.6 Å². The molecule has 0 atom stereocenters. The van der Waals surface area contributed by atoms with Crippen molar-refractivity contribution in [1.82, 2.24) is 9.97 Å². The number of rotatable bonds is 4. The maximum absolute atomic E-state index is 4.85. The van der Waals surface area contributed by atoms with E-state index in [2.05, 4.69) is 35.3 Å². The molecule has 1 saturated carbocycles. The van der Waals surface area contributed by atoms with Crippen molar-refractivity contribution in [2.24, 2.45) is 5.92 Å². The predicted octanol–water partition coefficient (Wildman–Crippen LogP) is 3.95. The fraction of sp³-hybridized carbons (Fsp3) is 0.474. The number of hydrogen-bond donors (Lipinski definition) is 1. The Labute approximate surface area is 138 Å². The van der Waals surface area contributed by atoms with Gasteiger partial charge in [0, 0.05) is 30.8 Å². The molecule has 0 unspecified atom stereocenters. The molecule has 0 amide bonds. The van der Waals surface area contributed by atoms with Gasteiger partial charge in [0.25, 0.3) is 0 Å². The molecule has 4 rings (SSSR count). The largest absolute Gasteiger partial charge is 0.367 e. The zero-order chi connectivity index (χ0) is 15.6. The molecule has 0 radical (unpaired) electrons. The van der Waals surface area contributed by atoms with Crippen LogP contribution in [0.15, 0.2) is 36.4 Å². The monoisotopic (exact) mass is 308 g/mol. The van der Waals surface area contributed by atoms with Gasteiger partial charge < -0.3 is 10.2 Å². The Morgan fingerprint density at radius 1 is 1.00 bits per heavy atom. The van der Waals surface area contributed by atoms with Gasteiger partial charge in [0.05, 0.1) is 0 Å². The van der Waals surface area contributed by atoms with E-state index in [0.29, 0.717) is 6.04 Å². The molecule has 1 aliphatic heterocycles. The van der Waals surface area contributed by atoms with Crippen LogP contribution >= 0.6 is 0 Å². The van der Waals surface area contributed by atoms with Gasteiger partial charge in [0.2, 0.25) is 0 Å². The minimum atomic E-state index is 0.600. The molecule has 2 aliphatic rings. The van der Waals surface area contributed by atoms with Gasteiger partial charge in [0.1, 0.15) is 11.6 Å². The smallest absolute Gasteiger partial charge is 0.163 e. The van der Waals surface area contributed by atoms with Gasteiger partial charge >= 0.3 is 0 Å². The van der Waals surface area contributed by atoms with Crippen molar-refractivity contribution in [1.29, 1.82) is 0 Å². The predicted molar refractivity (Wildman–Crippen MR) is 94.7 cm³/mol. The third kappa shape index (κ3) is 3.46. The van der Waals surface area contributed by atoms with E-state index in [4.69, 9.17) is 9.97 Å². The van der Waals surface area contributed by atoms with Gasteiger partial charge in [-0.25, -0.2) is 9.97 Å². The van der Waals surface area contributed by atoms with Crippen LogP contribution in [0.25, 0.3) is 11.4 Å². The van der Waals surface area contributed by atoms with Gasteiger partial charge in [-0.05, 0) is 31.6 Å². The second kappa shape index (κ2) is 6.19. The normalized spacial score (nSPS) is 18.9. The maximum Gasteiger partial charge on any atom is 0.163 e. The summed E-state index contributed by atoms with van der Waals surface area (Å²) in [5.41, 5.74) is 1.08. The number of aromatic nitrogens is 2. The van der Waals surface area contributed by atoms with Crippen LogP contribution in [0.4, 0.5) is 11.6 Å². The van der Waals surface area contributed by atoms with Crippen LogP contribution in [0.3, 0.4) is 0 Å². The first-order chi connectivity index (χ1) is 11.3. The molecule has 120 valence electrons. The molecule has 1 aliphatic carbocycles. The minimum absolute atomic E-state index is 0.600. The van der Waals surface area contributed by atoms with E-state index in [9.17, 15) is 0 Å². The summed E-state index contributed by atoms with van der Waals surface area (Å²) in [6.45, 7) is 4.53. The van der Waals surface area contributed by atoms with E-state index in [-0.39, 0.29) is 0 Å². The standard InChI is InChI=1S/C19H24N4/c1-14-9-11-23(12-10-14)18-13-17(20-16-7-8-16)21-19(22-18)15-5-3-2-4-6-15/h2-6,13-14,16H,7-12H2,1H3,(H,20,21,22). The molecule has 2 fully saturated rings. The third-order valence-corrected chi connectivity index (χ3v) is 4.78. The van der Waals surface area contributed by atoms with E-state index >= 15 is 0 Å². The highest BCUT2D eigenvalue weighted by Gasteiger charge is 2.23. The van der Waals surface area contributed by atoms with E-state index in [1.165, 1.54) is 25.7 Å². The Morgan fingerprint density at radius 2 is 1.74 bits per heavy atom. The molecule has 4 nitrogen and oxygen atoms in total. The average molecular weight is 308 g/mol. The van der Waals surface area contributed by atoms with Crippen LogP contribution < -0.4 is 10.2 Å². The molecular formula is C19H24N4. The Balaban J connectivity index is 1.66.